The van der Waals surface area contributed by atoms with Gasteiger partial charge in [-0.2, -0.15) is 0 Å². The number of pyridine rings is 1. The minimum atomic E-state index is -0.924. The fourth-order valence-corrected chi connectivity index (χ4v) is 4.50. The van der Waals surface area contributed by atoms with E-state index in [2.05, 4.69) is 10.1 Å². The van der Waals surface area contributed by atoms with Gasteiger partial charge in [0.05, 0.1) is 16.6 Å². The molecule has 0 spiro atoms. The van der Waals surface area contributed by atoms with Crippen LogP contribution >= 0.6 is 0 Å². The molecule has 0 radical (unpaired) electrons. The lowest BCUT2D eigenvalue weighted by Gasteiger charge is -2.33. The summed E-state index contributed by atoms with van der Waals surface area (Å²) in [6, 6.07) is 0.958. The zero-order valence-electron chi connectivity index (χ0n) is 14.4. The standard InChI is InChI=1S/C18H21N3O4/c1-9-7-12(15-10(2)20-25-16(15)19-9)17(22)21-13-6-4-3-5-11(13)8-14(21)18(23)24/h7,11,13-14H,3-6,8H2,1-2H3,(H,23,24). The van der Waals surface area contributed by atoms with Crippen molar-refractivity contribution >= 4 is 23.0 Å². The fourth-order valence-electron chi connectivity index (χ4n) is 4.50. The van der Waals surface area contributed by atoms with Crippen molar-refractivity contribution in [3.63, 3.8) is 0 Å². The number of carboxylic acids is 1. The molecule has 1 aliphatic carbocycles. The van der Waals surface area contributed by atoms with Gasteiger partial charge < -0.3 is 14.5 Å². The molecule has 3 atom stereocenters. The number of carboxylic acid groups (broad SMARTS) is 1. The Kier molecular flexibility index (Phi) is 3.74. The lowest BCUT2D eigenvalue weighted by molar-refractivity contribution is -0.141. The fraction of sp³-hybridized carbons (Fsp3) is 0.556. The molecular weight excluding hydrogens is 322 g/mol. The zero-order chi connectivity index (χ0) is 17.7. The van der Waals surface area contributed by atoms with Crippen LogP contribution in [0.15, 0.2) is 10.6 Å². The van der Waals surface area contributed by atoms with Crippen molar-refractivity contribution in [2.24, 2.45) is 5.92 Å². The molecule has 7 heteroatoms. The first kappa shape index (κ1) is 16.1. The minimum absolute atomic E-state index is 0.00559. The highest BCUT2D eigenvalue weighted by molar-refractivity contribution is 6.07. The molecule has 3 heterocycles. The van der Waals surface area contributed by atoms with Gasteiger partial charge >= 0.3 is 5.97 Å². The van der Waals surface area contributed by atoms with E-state index in [0.717, 1.165) is 25.7 Å². The molecule has 1 amide bonds. The van der Waals surface area contributed by atoms with Crippen LogP contribution in [0.2, 0.25) is 0 Å². The van der Waals surface area contributed by atoms with Crippen molar-refractivity contribution in [3.05, 3.63) is 23.0 Å². The summed E-state index contributed by atoms with van der Waals surface area (Å²) >= 11 is 0. The second-order valence-electron chi connectivity index (χ2n) is 7.17. The smallest absolute Gasteiger partial charge is 0.326 e. The molecule has 2 aromatic heterocycles. The van der Waals surface area contributed by atoms with Crippen molar-refractivity contribution < 1.29 is 19.2 Å². The third-order valence-corrected chi connectivity index (χ3v) is 5.58. The maximum atomic E-state index is 13.4. The van der Waals surface area contributed by atoms with Gasteiger partial charge in [-0.3, -0.25) is 4.79 Å². The maximum absolute atomic E-state index is 13.4. The Morgan fingerprint density at radius 1 is 1.28 bits per heavy atom. The van der Waals surface area contributed by atoms with Gasteiger partial charge in [0.25, 0.3) is 11.6 Å². The Morgan fingerprint density at radius 2 is 2.04 bits per heavy atom. The number of hydrogen-bond acceptors (Lipinski definition) is 5. The molecule has 2 aliphatic rings. The average molecular weight is 343 g/mol. The Balaban J connectivity index is 1.81. The number of hydrogen-bond donors (Lipinski definition) is 1. The van der Waals surface area contributed by atoms with E-state index in [1.54, 1.807) is 24.8 Å². The molecule has 4 rings (SSSR count). The average Bonchev–Trinajstić information content (AvgIpc) is 3.14. The quantitative estimate of drug-likeness (QED) is 0.900. The SMILES string of the molecule is Cc1cc(C(=O)N2C(C(=O)O)CC3CCCCC32)c2c(C)noc2n1. The van der Waals surface area contributed by atoms with E-state index < -0.39 is 12.0 Å². The first-order chi connectivity index (χ1) is 12.0. The molecule has 0 aromatic carbocycles. The van der Waals surface area contributed by atoms with E-state index in [1.807, 2.05) is 0 Å². The van der Waals surface area contributed by atoms with Crippen LogP contribution in [0.3, 0.4) is 0 Å². The predicted octanol–water partition coefficient (Wildman–Crippen LogP) is 2.70. The summed E-state index contributed by atoms with van der Waals surface area (Å²) in [7, 11) is 0. The Hall–Kier alpha value is -2.44. The first-order valence-electron chi connectivity index (χ1n) is 8.76. The van der Waals surface area contributed by atoms with Crippen molar-refractivity contribution in [1.82, 2.24) is 15.0 Å². The predicted molar refractivity (Wildman–Crippen MR) is 89.2 cm³/mol. The van der Waals surface area contributed by atoms with Crippen molar-refractivity contribution in [2.75, 3.05) is 0 Å². The number of carbonyl (C=O) groups is 2. The molecular formula is C18H21N3O4. The third kappa shape index (κ3) is 2.49. The number of carbonyl (C=O) groups excluding carboxylic acids is 1. The number of amides is 1. The van der Waals surface area contributed by atoms with Gasteiger partial charge in [0.2, 0.25) is 0 Å². The van der Waals surface area contributed by atoms with Gasteiger partial charge in [-0.25, -0.2) is 9.78 Å². The van der Waals surface area contributed by atoms with Gasteiger partial charge in [0.1, 0.15) is 6.04 Å². The van der Waals surface area contributed by atoms with Crippen LogP contribution in [-0.4, -0.2) is 44.1 Å². The lowest BCUT2D eigenvalue weighted by Crippen LogP contribution is -2.46. The number of aryl methyl sites for hydroxylation is 2. The van der Waals surface area contributed by atoms with Crippen LogP contribution in [0, 0.1) is 19.8 Å². The van der Waals surface area contributed by atoms with Gasteiger partial charge in [-0.15, -0.1) is 0 Å². The number of aliphatic carboxylic acids is 1. The molecule has 0 bridgehead atoms. The van der Waals surface area contributed by atoms with Crippen LogP contribution in [0.25, 0.3) is 11.1 Å². The Morgan fingerprint density at radius 3 is 2.80 bits per heavy atom. The van der Waals surface area contributed by atoms with Gasteiger partial charge in [0.15, 0.2) is 0 Å². The number of fused-ring (bicyclic) bond motifs is 2. The second-order valence-corrected chi connectivity index (χ2v) is 7.17. The summed E-state index contributed by atoms with van der Waals surface area (Å²) in [5.41, 5.74) is 2.02. The van der Waals surface area contributed by atoms with E-state index in [0.29, 0.717) is 34.5 Å². The van der Waals surface area contributed by atoms with Gasteiger partial charge in [-0.05, 0) is 45.1 Å². The normalized spacial score (nSPS) is 26.0. The summed E-state index contributed by atoms with van der Waals surface area (Å²) in [6.07, 6.45) is 4.56. The summed E-state index contributed by atoms with van der Waals surface area (Å²) in [6.45, 7) is 3.55. The van der Waals surface area contributed by atoms with E-state index in [1.165, 1.54) is 0 Å². The molecule has 2 fully saturated rings. The first-order valence-corrected chi connectivity index (χ1v) is 8.76. The molecule has 1 N–H and O–H groups in total. The number of nitrogens with zero attached hydrogens (tertiary/aromatic N) is 3. The van der Waals surface area contributed by atoms with Crippen LogP contribution in [0.4, 0.5) is 0 Å². The maximum Gasteiger partial charge on any atom is 0.326 e. The van der Waals surface area contributed by atoms with Crippen LogP contribution in [-0.2, 0) is 4.79 Å². The molecule has 2 aromatic rings. The minimum Gasteiger partial charge on any atom is -0.480 e. The highest BCUT2D eigenvalue weighted by atomic mass is 16.5. The van der Waals surface area contributed by atoms with Crippen molar-refractivity contribution in [2.45, 2.75) is 58.0 Å². The van der Waals surface area contributed by atoms with E-state index in [4.69, 9.17) is 4.52 Å². The van der Waals surface area contributed by atoms with E-state index in [-0.39, 0.29) is 17.9 Å². The molecule has 3 unspecified atom stereocenters. The second kappa shape index (κ2) is 5.82. The zero-order valence-corrected chi connectivity index (χ0v) is 14.4. The monoisotopic (exact) mass is 343 g/mol. The molecule has 7 nitrogen and oxygen atoms in total. The molecule has 25 heavy (non-hydrogen) atoms. The largest absolute Gasteiger partial charge is 0.480 e. The summed E-state index contributed by atoms with van der Waals surface area (Å²) in [4.78, 5) is 31.1. The number of likely N-dealkylation sites (tertiary alicyclic amines) is 1. The topological polar surface area (TPSA) is 96.5 Å². The summed E-state index contributed by atoms with van der Waals surface area (Å²) in [5.74, 6) is -0.892. The van der Waals surface area contributed by atoms with Crippen LogP contribution < -0.4 is 0 Å². The molecule has 1 aliphatic heterocycles. The molecule has 1 saturated carbocycles. The molecule has 1 saturated heterocycles. The molecule has 132 valence electrons. The third-order valence-electron chi connectivity index (χ3n) is 5.58. The number of aromatic nitrogens is 2. The van der Waals surface area contributed by atoms with Crippen LogP contribution in [0.5, 0.6) is 0 Å². The van der Waals surface area contributed by atoms with Crippen molar-refractivity contribution in [1.29, 1.82) is 0 Å². The highest BCUT2D eigenvalue weighted by Crippen LogP contribution is 2.41. The number of rotatable bonds is 2. The summed E-state index contributed by atoms with van der Waals surface area (Å²) in [5, 5.41) is 14.2. The summed E-state index contributed by atoms with van der Waals surface area (Å²) < 4.78 is 5.22. The highest BCUT2D eigenvalue weighted by Gasteiger charge is 2.48. The Bertz CT molecular complexity index is 859. The van der Waals surface area contributed by atoms with E-state index in [9.17, 15) is 14.7 Å². The van der Waals surface area contributed by atoms with Gasteiger partial charge in [0, 0.05) is 11.7 Å². The van der Waals surface area contributed by atoms with Crippen LogP contribution in [0.1, 0.15) is 53.8 Å². The lowest BCUT2D eigenvalue weighted by atomic mass is 9.84. The van der Waals surface area contributed by atoms with Crippen molar-refractivity contribution in [3.8, 4) is 0 Å². The van der Waals surface area contributed by atoms with E-state index >= 15 is 0 Å². The van der Waals surface area contributed by atoms with Gasteiger partial charge in [-0.1, -0.05) is 18.0 Å². The Labute approximate surface area is 145 Å².